The van der Waals surface area contributed by atoms with Gasteiger partial charge in [0.05, 0.1) is 12.6 Å². The number of rotatable bonds is 4. The van der Waals surface area contributed by atoms with Crippen molar-refractivity contribution < 1.29 is 9.84 Å². The molecule has 2 atom stereocenters. The second-order valence-electron chi connectivity index (χ2n) is 5.14. The zero-order valence-electron chi connectivity index (χ0n) is 11.2. The van der Waals surface area contributed by atoms with Crippen molar-refractivity contribution in [3.8, 4) is 0 Å². The van der Waals surface area contributed by atoms with E-state index in [0.717, 1.165) is 12.8 Å². The number of hydrogen-bond acceptors (Lipinski definition) is 4. The van der Waals surface area contributed by atoms with Crippen molar-refractivity contribution in [3.63, 3.8) is 0 Å². The number of ether oxygens (including phenoxy) is 1. The lowest BCUT2D eigenvalue weighted by Crippen LogP contribution is -2.43. The molecule has 1 saturated heterocycles. The van der Waals surface area contributed by atoms with Gasteiger partial charge < -0.3 is 9.84 Å². The van der Waals surface area contributed by atoms with Crippen molar-refractivity contribution in [2.75, 3.05) is 6.61 Å². The van der Waals surface area contributed by atoms with Crippen LogP contribution in [0.2, 0.25) is 10.0 Å². The molecule has 1 aromatic carbocycles. The van der Waals surface area contributed by atoms with E-state index in [9.17, 15) is 5.11 Å². The Morgan fingerprint density at radius 1 is 1.43 bits per heavy atom. The van der Waals surface area contributed by atoms with Crippen molar-refractivity contribution in [2.45, 2.75) is 31.1 Å². The smallest absolute Gasteiger partial charge is 0.137 e. The summed E-state index contributed by atoms with van der Waals surface area (Å²) in [4.78, 5) is 3.91. The van der Waals surface area contributed by atoms with Gasteiger partial charge in [-0.15, -0.1) is 0 Å². The van der Waals surface area contributed by atoms with Gasteiger partial charge in [0.25, 0.3) is 0 Å². The number of aromatic nitrogens is 3. The maximum Gasteiger partial charge on any atom is 0.137 e. The third-order valence-corrected chi connectivity index (χ3v) is 4.28. The quantitative estimate of drug-likeness (QED) is 0.937. The van der Waals surface area contributed by atoms with Crippen LogP contribution in [-0.4, -0.2) is 32.6 Å². The van der Waals surface area contributed by atoms with Crippen molar-refractivity contribution >= 4 is 23.2 Å². The van der Waals surface area contributed by atoms with Crippen LogP contribution in [0.5, 0.6) is 0 Å². The van der Waals surface area contributed by atoms with E-state index in [1.165, 1.54) is 6.33 Å². The monoisotopic (exact) mass is 327 g/mol. The predicted molar refractivity (Wildman–Crippen MR) is 79.4 cm³/mol. The summed E-state index contributed by atoms with van der Waals surface area (Å²) in [5, 5.41) is 16.3. The molecule has 2 heterocycles. The van der Waals surface area contributed by atoms with Crippen LogP contribution in [0.15, 0.2) is 30.9 Å². The van der Waals surface area contributed by atoms with Crippen LogP contribution in [0, 0.1) is 0 Å². The van der Waals surface area contributed by atoms with Crippen molar-refractivity contribution in [2.24, 2.45) is 0 Å². The van der Waals surface area contributed by atoms with E-state index >= 15 is 0 Å². The molecule has 0 radical (unpaired) electrons. The molecule has 5 nitrogen and oxygen atoms in total. The number of benzene rings is 1. The van der Waals surface area contributed by atoms with Crippen LogP contribution in [0.1, 0.15) is 18.4 Å². The Hall–Kier alpha value is -1.14. The highest BCUT2D eigenvalue weighted by atomic mass is 35.5. The Morgan fingerprint density at radius 3 is 2.90 bits per heavy atom. The number of halogens is 2. The molecule has 0 bridgehead atoms. The highest BCUT2D eigenvalue weighted by molar-refractivity contribution is 6.35. The molecule has 1 aromatic heterocycles. The van der Waals surface area contributed by atoms with E-state index in [2.05, 4.69) is 10.1 Å². The minimum Gasteiger partial charge on any atom is -0.380 e. The molecule has 1 fully saturated rings. The van der Waals surface area contributed by atoms with E-state index in [1.54, 1.807) is 29.2 Å². The zero-order valence-corrected chi connectivity index (χ0v) is 12.8. The molecular weight excluding hydrogens is 313 g/mol. The second-order valence-corrected chi connectivity index (χ2v) is 5.99. The van der Waals surface area contributed by atoms with Crippen LogP contribution in [-0.2, 0) is 16.9 Å². The number of aliphatic hydroxyl groups is 1. The molecule has 0 spiro atoms. The topological polar surface area (TPSA) is 60.2 Å². The average molecular weight is 328 g/mol. The molecule has 0 amide bonds. The maximum atomic E-state index is 11.3. The maximum absolute atomic E-state index is 11.3. The Morgan fingerprint density at radius 2 is 2.29 bits per heavy atom. The van der Waals surface area contributed by atoms with Crippen LogP contribution in [0.3, 0.4) is 0 Å². The van der Waals surface area contributed by atoms with E-state index < -0.39 is 5.60 Å². The fraction of sp³-hybridized carbons (Fsp3) is 0.429. The SMILES string of the molecule is OC(Cn1cncn1)(c1ccc(Cl)cc1Cl)C1CCCO1. The summed E-state index contributed by atoms with van der Waals surface area (Å²) in [6.07, 6.45) is 4.34. The lowest BCUT2D eigenvalue weighted by molar-refractivity contribution is -0.102. The molecule has 0 saturated carbocycles. The first-order chi connectivity index (χ1) is 10.1. The van der Waals surface area contributed by atoms with Gasteiger partial charge in [-0.2, -0.15) is 5.10 Å². The largest absolute Gasteiger partial charge is 0.380 e. The van der Waals surface area contributed by atoms with Crippen LogP contribution in [0.4, 0.5) is 0 Å². The first-order valence-electron chi connectivity index (χ1n) is 6.71. The molecular formula is C14H15Cl2N3O2. The van der Waals surface area contributed by atoms with Crippen LogP contribution < -0.4 is 0 Å². The van der Waals surface area contributed by atoms with Gasteiger partial charge >= 0.3 is 0 Å². The van der Waals surface area contributed by atoms with E-state index in [0.29, 0.717) is 22.2 Å². The van der Waals surface area contributed by atoms with Crippen molar-refractivity contribution in [1.29, 1.82) is 0 Å². The Balaban J connectivity index is 2.02. The Bertz CT molecular complexity index is 615. The van der Waals surface area contributed by atoms with Gasteiger partial charge in [0.15, 0.2) is 0 Å². The summed E-state index contributed by atoms with van der Waals surface area (Å²) in [5.74, 6) is 0. The van der Waals surface area contributed by atoms with Gasteiger partial charge in [0.1, 0.15) is 18.3 Å². The average Bonchev–Trinajstić information content (AvgIpc) is 3.11. The molecule has 1 aliphatic rings. The summed E-state index contributed by atoms with van der Waals surface area (Å²) >= 11 is 12.2. The minimum atomic E-state index is -1.27. The van der Waals surface area contributed by atoms with E-state index in [1.807, 2.05) is 0 Å². The highest BCUT2D eigenvalue weighted by Gasteiger charge is 2.43. The standard InChI is InChI=1S/C14H15Cl2N3O2/c15-10-3-4-11(12(16)6-10)14(20,13-2-1-5-21-13)7-19-9-17-8-18-19/h3-4,6,8-9,13,20H,1-2,5,7H2. The molecule has 112 valence electrons. The van der Waals surface area contributed by atoms with Crippen molar-refractivity contribution in [3.05, 3.63) is 46.5 Å². The van der Waals surface area contributed by atoms with Crippen LogP contribution in [0.25, 0.3) is 0 Å². The summed E-state index contributed by atoms with van der Waals surface area (Å²) in [7, 11) is 0. The van der Waals surface area contributed by atoms with Gasteiger partial charge in [-0.3, -0.25) is 0 Å². The summed E-state index contributed by atoms with van der Waals surface area (Å²) in [6, 6.07) is 5.08. The van der Waals surface area contributed by atoms with E-state index in [4.69, 9.17) is 27.9 Å². The second kappa shape index (κ2) is 5.93. The number of nitrogens with zero attached hydrogens (tertiary/aromatic N) is 3. The molecule has 1 aliphatic heterocycles. The predicted octanol–water partition coefficient (Wildman–Crippen LogP) is 2.65. The molecule has 0 aliphatic carbocycles. The first-order valence-corrected chi connectivity index (χ1v) is 7.47. The normalized spacial score (nSPS) is 21.4. The van der Waals surface area contributed by atoms with Gasteiger partial charge in [-0.1, -0.05) is 29.3 Å². The lowest BCUT2D eigenvalue weighted by atomic mass is 9.86. The van der Waals surface area contributed by atoms with Crippen LogP contribution >= 0.6 is 23.2 Å². The fourth-order valence-corrected chi connectivity index (χ4v) is 3.29. The summed E-state index contributed by atoms with van der Waals surface area (Å²) in [6.45, 7) is 0.856. The molecule has 7 heteroatoms. The number of hydrogen-bond donors (Lipinski definition) is 1. The van der Waals surface area contributed by atoms with Gasteiger partial charge in [0.2, 0.25) is 0 Å². The fourth-order valence-electron chi connectivity index (χ4n) is 2.72. The molecule has 2 aromatic rings. The Labute approximate surface area is 132 Å². The lowest BCUT2D eigenvalue weighted by Gasteiger charge is -2.34. The van der Waals surface area contributed by atoms with Gasteiger partial charge in [-0.25, -0.2) is 9.67 Å². The Kier molecular flexibility index (Phi) is 4.17. The zero-order chi connectivity index (χ0) is 14.9. The third kappa shape index (κ3) is 2.92. The molecule has 3 rings (SSSR count). The third-order valence-electron chi connectivity index (χ3n) is 3.73. The summed E-state index contributed by atoms with van der Waals surface area (Å²) in [5.41, 5.74) is -0.678. The highest BCUT2D eigenvalue weighted by Crippen LogP contribution is 2.38. The molecule has 21 heavy (non-hydrogen) atoms. The molecule has 1 N–H and O–H groups in total. The van der Waals surface area contributed by atoms with Gasteiger partial charge in [0, 0.05) is 22.2 Å². The van der Waals surface area contributed by atoms with E-state index in [-0.39, 0.29) is 12.6 Å². The first kappa shape index (κ1) is 14.8. The summed E-state index contributed by atoms with van der Waals surface area (Å²) < 4.78 is 7.28. The minimum absolute atomic E-state index is 0.221. The van der Waals surface area contributed by atoms with Crippen molar-refractivity contribution in [1.82, 2.24) is 14.8 Å². The van der Waals surface area contributed by atoms with Gasteiger partial charge in [-0.05, 0) is 25.0 Å². The molecule has 2 unspecified atom stereocenters.